The minimum absolute atomic E-state index is 0.889. The van der Waals surface area contributed by atoms with Gasteiger partial charge in [-0.05, 0) is 82.6 Å². The van der Waals surface area contributed by atoms with Gasteiger partial charge in [0.15, 0.2) is 0 Å². The van der Waals surface area contributed by atoms with Gasteiger partial charge in [-0.1, -0.05) is 121 Å². The summed E-state index contributed by atoms with van der Waals surface area (Å²) in [5.74, 6) is 0. The van der Waals surface area contributed by atoms with Gasteiger partial charge in [0.1, 0.15) is 11.2 Å². The molecule has 3 nitrogen and oxygen atoms in total. The van der Waals surface area contributed by atoms with Crippen LogP contribution in [0.5, 0.6) is 0 Å². The number of anilines is 3. The van der Waals surface area contributed by atoms with E-state index < -0.39 is 0 Å². The highest BCUT2D eigenvalue weighted by Gasteiger charge is 2.23. The number of thiophene rings is 1. The molecule has 0 saturated heterocycles. The largest absolute Gasteiger partial charge is 0.456 e. The van der Waals surface area contributed by atoms with Crippen molar-refractivity contribution in [1.29, 1.82) is 0 Å². The summed E-state index contributed by atoms with van der Waals surface area (Å²) >= 11 is 1.88. The van der Waals surface area contributed by atoms with Gasteiger partial charge in [-0.2, -0.15) is 0 Å². The Kier molecular flexibility index (Phi) is 6.42. The number of hydrogen-bond donors (Lipinski definition) is 0. The summed E-state index contributed by atoms with van der Waals surface area (Å²) in [4.78, 5) is 2.42. The van der Waals surface area contributed by atoms with Crippen molar-refractivity contribution in [2.75, 3.05) is 4.90 Å². The first-order valence-corrected chi connectivity index (χ1v) is 18.4. The Hall–Kier alpha value is -6.62. The van der Waals surface area contributed by atoms with Crippen molar-refractivity contribution in [2.45, 2.75) is 0 Å². The van der Waals surface area contributed by atoms with E-state index in [0.717, 1.165) is 44.7 Å². The summed E-state index contributed by atoms with van der Waals surface area (Å²) in [7, 11) is 0. The van der Waals surface area contributed by atoms with Gasteiger partial charge in [0, 0.05) is 38.6 Å². The number of fused-ring (bicyclic) bond motifs is 9. The van der Waals surface area contributed by atoms with E-state index in [9.17, 15) is 0 Å². The molecule has 0 unspecified atom stereocenters. The standard InChI is InChI=1S/C48H30N2OS/c1-2-14-33(15-3-1)50-42-21-8-6-18-39(42)48-46(50)40-20-11-22-43(47(40)52-48)49(35-28-29-45-41(30-35)38-17-7-9-23-44(38)51-45)34-26-24-32(25-27-34)37-19-10-13-31-12-4-5-16-36(31)37/h1-30H. The van der Waals surface area contributed by atoms with Gasteiger partial charge < -0.3 is 13.9 Å². The Morgan fingerprint density at radius 2 is 1.13 bits per heavy atom. The molecule has 11 rings (SSSR count). The third-order valence-corrected chi connectivity index (χ3v) is 11.6. The van der Waals surface area contributed by atoms with Crippen LogP contribution in [0, 0.1) is 0 Å². The van der Waals surface area contributed by atoms with Gasteiger partial charge in [-0.15, -0.1) is 11.3 Å². The summed E-state index contributed by atoms with van der Waals surface area (Å²) in [6, 6.07) is 65.4. The van der Waals surface area contributed by atoms with Crippen molar-refractivity contribution >= 4 is 92.3 Å². The van der Waals surface area contributed by atoms with Gasteiger partial charge >= 0.3 is 0 Å². The Morgan fingerprint density at radius 3 is 2.02 bits per heavy atom. The van der Waals surface area contributed by atoms with Gasteiger partial charge in [-0.25, -0.2) is 0 Å². The molecule has 52 heavy (non-hydrogen) atoms. The summed E-state index contributed by atoms with van der Waals surface area (Å²) in [6.45, 7) is 0. The Morgan fingerprint density at radius 1 is 0.462 bits per heavy atom. The van der Waals surface area contributed by atoms with E-state index in [0.29, 0.717) is 0 Å². The summed E-state index contributed by atoms with van der Waals surface area (Å²) in [6.07, 6.45) is 0. The van der Waals surface area contributed by atoms with Gasteiger partial charge in [0.2, 0.25) is 0 Å². The molecule has 3 aromatic heterocycles. The molecule has 4 heteroatoms. The van der Waals surface area contributed by atoms with Crippen LogP contribution < -0.4 is 4.90 Å². The highest BCUT2D eigenvalue weighted by Crippen LogP contribution is 2.49. The monoisotopic (exact) mass is 682 g/mol. The first-order valence-electron chi connectivity index (χ1n) is 17.6. The second kappa shape index (κ2) is 11.5. The van der Waals surface area contributed by atoms with Gasteiger partial charge in [0.25, 0.3) is 0 Å². The minimum Gasteiger partial charge on any atom is -0.456 e. The maximum Gasteiger partial charge on any atom is 0.135 e. The van der Waals surface area contributed by atoms with E-state index in [1.165, 1.54) is 53.1 Å². The molecule has 3 heterocycles. The van der Waals surface area contributed by atoms with Crippen LogP contribution in [0.1, 0.15) is 0 Å². The summed E-state index contributed by atoms with van der Waals surface area (Å²) in [5.41, 5.74) is 11.2. The van der Waals surface area contributed by atoms with Crippen LogP contribution in [0.4, 0.5) is 17.1 Å². The van der Waals surface area contributed by atoms with Gasteiger partial charge in [0.05, 0.1) is 26.1 Å². The predicted molar refractivity (Wildman–Crippen MR) is 221 cm³/mol. The second-order valence-corrected chi connectivity index (χ2v) is 14.3. The fraction of sp³-hybridized carbons (Fsp3) is 0. The first kappa shape index (κ1) is 29.1. The molecule has 0 N–H and O–H groups in total. The van der Waals surface area contributed by atoms with Crippen LogP contribution in [-0.2, 0) is 0 Å². The maximum absolute atomic E-state index is 6.28. The third kappa shape index (κ3) is 4.38. The summed E-state index contributed by atoms with van der Waals surface area (Å²) in [5, 5.41) is 7.24. The fourth-order valence-electron chi connectivity index (χ4n) is 8.05. The van der Waals surface area contributed by atoms with Crippen LogP contribution in [0.25, 0.3) is 80.7 Å². The van der Waals surface area contributed by atoms with Gasteiger partial charge in [-0.3, -0.25) is 0 Å². The topological polar surface area (TPSA) is 21.3 Å². The lowest BCUT2D eigenvalue weighted by atomic mass is 9.98. The molecule has 0 amide bonds. The molecular formula is C48H30N2OS. The molecule has 0 radical (unpaired) electrons. The zero-order valence-electron chi connectivity index (χ0n) is 28.0. The van der Waals surface area contributed by atoms with Crippen molar-refractivity contribution < 1.29 is 4.42 Å². The van der Waals surface area contributed by atoms with Crippen LogP contribution in [-0.4, -0.2) is 4.57 Å². The zero-order chi connectivity index (χ0) is 34.2. The molecule has 0 fully saturated rings. The number of benzene rings is 8. The Bertz CT molecular complexity index is 3130. The molecular weight excluding hydrogens is 653 g/mol. The quantitative estimate of drug-likeness (QED) is 0.180. The van der Waals surface area contributed by atoms with E-state index in [-0.39, 0.29) is 0 Å². The number of rotatable bonds is 5. The first-order chi connectivity index (χ1) is 25.8. The number of nitrogens with zero attached hydrogens (tertiary/aromatic N) is 2. The lowest BCUT2D eigenvalue weighted by Gasteiger charge is -2.26. The minimum atomic E-state index is 0.889. The number of para-hydroxylation sites is 3. The SMILES string of the molecule is c1ccc(-n2c3ccccc3c3sc4c(N(c5ccc(-c6cccc7ccccc67)cc5)c5ccc6oc7ccccc7c6c5)cccc4c32)cc1. The zero-order valence-corrected chi connectivity index (χ0v) is 28.8. The van der Waals surface area contributed by atoms with E-state index in [4.69, 9.17) is 4.42 Å². The molecule has 0 aliphatic carbocycles. The number of furan rings is 1. The highest BCUT2D eigenvalue weighted by molar-refractivity contribution is 7.27. The van der Waals surface area contributed by atoms with Crippen molar-refractivity contribution in [2.24, 2.45) is 0 Å². The molecule has 0 bridgehead atoms. The second-order valence-electron chi connectivity index (χ2n) is 13.3. The van der Waals surface area contributed by atoms with Crippen LogP contribution in [0.2, 0.25) is 0 Å². The van der Waals surface area contributed by atoms with Crippen molar-refractivity contribution in [3.8, 4) is 16.8 Å². The third-order valence-electron chi connectivity index (χ3n) is 10.4. The van der Waals surface area contributed by atoms with Crippen LogP contribution in [0.3, 0.4) is 0 Å². The summed E-state index contributed by atoms with van der Waals surface area (Å²) < 4.78 is 11.2. The lowest BCUT2D eigenvalue weighted by molar-refractivity contribution is 0.669. The number of hydrogen-bond acceptors (Lipinski definition) is 3. The normalized spacial score (nSPS) is 11.8. The highest BCUT2D eigenvalue weighted by atomic mass is 32.1. The molecule has 0 aliphatic heterocycles. The van der Waals surface area contributed by atoms with Crippen LogP contribution >= 0.6 is 11.3 Å². The van der Waals surface area contributed by atoms with Crippen molar-refractivity contribution in [3.63, 3.8) is 0 Å². The molecule has 0 spiro atoms. The van der Waals surface area contributed by atoms with E-state index in [1.54, 1.807) is 0 Å². The molecule has 244 valence electrons. The molecule has 0 atom stereocenters. The molecule has 11 aromatic rings. The average molecular weight is 683 g/mol. The van der Waals surface area contributed by atoms with Crippen molar-refractivity contribution in [3.05, 3.63) is 182 Å². The lowest BCUT2D eigenvalue weighted by Crippen LogP contribution is -2.10. The van der Waals surface area contributed by atoms with Crippen molar-refractivity contribution in [1.82, 2.24) is 4.57 Å². The molecule has 0 aliphatic rings. The van der Waals surface area contributed by atoms with E-state index in [1.807, 2.05) is 23.5 Å². The Balaban J connectivity index is 1.16. The predicted octanol–water partition coefficient (Wildman–Crippen LogP) is 14.2. The number of aromatic nitrogens is 1. The average Bonchev–Trinajstić information content (AvgIpc) is 3.88. The molecule has 8 aromatic carbocycles. The Labute approximate surface area is 303 Å². The van der Waals surface area contributed by atoms with E-state index >= 15 is 0 Å². The van der Waals surface area contributed by atoms with E-state index in [2.05, 4.69) is 179 Å². The molecule has 0 saturated carbocycles. The fourth-order valence-corrected chi connectivity index (χ4v) is 9.37. The van der Waals surface area contributed by atoms with Crippen LogP contribution in [0.15, 0.2) is 186 Å². The maximum atomic E-state index is 6.28. The smallest absolute Gasteiger partial charge is 0.135 e.